The maximum absolute atomic E-state index is 7.52. The highest BCUT2D eigenvalue weighted by Gasteiger charge is 2.26. The Kier molecular flexibility index (Phi) is 9.67. The number of halogens is 1. The molecule has 0 fully saturated rings. The second-order valence-corrected chi connectivity index (χ2v) is 16.1. The fourth-order valence-electron chi connectivity index (χ4n) is 5.53. The smallest absolute Gasteiger partial charge is 0.0883 e. The third-order valence-corrected chi connectivity index (χ3v) is 9.21. The highest BCUT2D eigenvalue weighted by Crippen LogP contribution is 2.46. The van der Waals surface area contributed by atoms with Crippen molar-refractivity contribution in [2.45, 2.75) is 105 Å². The molecule has 0 saturated heterocycles. The summed E-state index contributed by atoms with van der Waals surface area (Å²) in [4.78, 5) is 4.71. The highest BCUT2D eigenvalue weighted by molar-refractivity contribution is 6.36. The molecule has 0 N–H and O–H groups in total. The largest absolute Gasteiger partial charge is 0.337 e. The molecule has 0 aliphatic heterocycles. The molecule has 4 aromatic carbocycles. The van der Waals surface area contributed by atoms with E-state index in [1.54, 1.807) is 0 Å². The molecule has 0 amide bonds. The van der Waals surface area contributed by atoms with Gasteiger partial charge in [0.05, 0.1) is 16.4 Å². The van der Waals surface area contributed by atoms with E-state index in [0.29, 0.717) is 5.92 Å². The Balaban J connectivity index is 1.90. The Morgan fingerprint density at radius 2 is 0.818 bits per heavy atom. The Labute approximate surface area is 273 Å². The zero-order valence-electron chi connectivity index (χ0n) is 29.1. The first kappa shape index (κ1) is 33.7. The van der Waals surface area contributed by atoms with Gasteiger partial charge in [-0.25, -0.2) is 0 Å². The molecule has 0 aliphatic carbocycles. The summed E-state index contributed by atoms with van der Waals surface area (Å²) in [6, 6.07) is 33.5. The van der Waals surface area contributed by atoms with Crippen molar-refractivity contribution in [2.24, 2.45) is 5.92 Å². The summed E-state index contributed by atoms with van der Waals surface area (Å²) < 4.78 is 0. The minimum Gasteiger partial charge on any atom is -0.337 e. The summed E-state index contributed by atoms with van der Waals surface area (Å²) in [5, 5.41) is 0.736. The predicted molar refractivity (Wildman–Crippen MR) is 195 cm³/mol. The monoisotopic (exact) mass is 608 g/mol. The van der Waals surface area contributed by atoms with E-state index >= 15 is 0 Å². The molecule has 0 aromatic heterocycles. The SMILES string of the molecule is CC(C)C(C)N(c1ccc(C(C)(C)C)cc1)c1cccc(N(c2ccc(C(C)(C)C)cc2)c2ccc(C(C)(C)C)cc2)c1Cl. The summed E-state index contributed by atoms with van der Waals surface area (Å²) in [7, 11) is 0. The van der Waals surface area contributed by atoms with E-state index in [0.717, 1.165) is 33.5 Å². The lowest BCUT2D eigenvalue weighted by Crippen LogP contribution is -2.33. The lowest BCUT2D eigenvalue weighted by molar-refractivity contribution is 0.518. The van der Waals surface area contributed by atoms with Crippen LogP contribution in [0.15, 0.2) is 91.0 Å². The number of nitrogens with zero attached hydrogens (tertiary/aromatic N) is 2. The van der Waals surface area contributed by atoms with E-state index in [1.165, 1.54) is 16.7 Å². The Morgan fingerprint density at radius 3 is 1.16 bits per heavy atom. The summed E-state index contributed by atoms with van der Waals surface area (Å²) >= 11 is 7.52. The topological polar surface area (TPSA) is 6.48 Å². The number of rotatable bonds is 7. The molecule has 0 heterocycles. The van der Waals surface area contributed by atoms with Crippen molar-refractivity contribution in [3.63, 3.8) is 0 Å². The summed E-state index contributed by atoms with van der Waals surface area (Å²) in [5.74, 6) is 0.419. The van der Waals surface area contributed by atoms with Crippen LogP contribution in [0, 0.1) is 5.92 Å². The van der Waals surface area contributed by atoms with E-state index in [-0.39, 0.29) is 22.3 Å². The normalized spacial score (nSPS) is 13.2. The Bertz CT molecular complexity index is 1470. The van der Waals surface area contributed by atoms with Crippen LogP contribution in [0.2, 0.25) is 5.02 Å². The second-order valence-electron chi connectivity index (χ2n) is 15.7. The van der Waals surface area contributed by atoms with Crippen molar-refractivity contribution in [2.75, 3.05) is 9.80 Å². The molecular formula is C41H53ClN2. The molecule has 0 spiro atoms. The number of anilines is 5. The number of hydrogen-bond donors (Lipinski definition) is 0. The molecule has 0 bridgehead atoms. The average Bonchev–Trinajstić information content (AvgIpc) is 2.94. The molecule has 0 saturated carbocycles. The standard InChI is InChI=1S/C41H53ClN2/c1-28(2)29(3)43(33-22-16-30(17-23-33)39(4,5)6)36-14-13-15-37(38(36)42)44(34-24-18-31(19-25-34)40(7,8)9)35-26-20-32(21-27-35)41(10,11)12/h13-29H,1-12H3. The van der Waals surface area contributed by atoms with Crippen LogP contribution >= 0.6 is 11.6 Å². The van der Waals surface area contributed by atoms with Gasteiger partial charge in [0.1, 0.15) is 0 Å². The van der Waals surface area contributed by atoms with Crippen LogP contribution in [0.5, 0.6) is 0 Å². The van der Waals surface area contributed by atoms with Gasteiger partial charge in [-0.3, -0.25) is 0 Å². The molecule has 4 rings (SSSR count). The van der Waals surface area contributed by atoms with Gasteiger partial charge in [-0.1, -0.05) is 130 Å². The first-order valence-electron chi connectivity index (χ1n) is 16.1. The van der Waals surface area contributed by atoms with E-state index in [2.05, 4.69) is 184 Å². The van der Waals surface area contributed by atoms with Gasteiger partial charge in [0, 0.05) is 23.1 Å². The summed E-state index contributed by atoms with van der Waals surface area (Å²) in [6.07, 6.45) is 0. The van der Waals surface area contributed by atoms with Gasteiger partial charge in [0.25, 0.3) is 0 Å². The molecule has 234 valence electrons. The molecule has 3 heteroatoms. The fraction of sp³-hybridized carbons (Fsp3) is 0.415. The van der Waals surface area contributed by atoms with Crippen molar-refractivity contribution >= 4 is 40.0 Å². The van der Waals surface area contributed by atoms with Gasteiger partial charge in [0.15, 0.2) is 0 Å². The molecule has 44 heavy (non-hydrogen) atoms. The van der Waals surface area contributed by atoms with Crippen LogP contribution in [0.3, 0.4) is 0 Å². The Morgan fingerprint density at radius 1 is 0.477 bits per heavy atom. The van der Waals surface area contributed by atoms with Gasteiger partial charge in [0.2, 0.25) is 0 Å². The van der Waals surface area contributed by atoms with Crippen molar-refractivity contribution in [1.82, 2.24) is 0 Å². The van der Waals surface area contributed by atoms with Crippen LogP contribution < -0.4 is 9.80 Å². The van der Waals surface area contributed by atoms with Gasteiger partial charge in [-0.2, -0.15) is 0 Å². The second kappa shape index (κ2) is 12.6. The summed E-state index contributed by atoms with van der Waals surface area (Å²) in [6.45, 7) is 27.1. The molecular weight excluding hydrogens is 556 g/mol. The molecule has 0 aliphatic rings. The first-order valence-corrected chi connectivity index (χ1v) is 16.5. The molecule has 2 nitrogen and oxygen atoms in total. The van der Waals surface area contributed by atoms with Crippen molar-refractivity contribution < 1.29 is 0 Å². The summed E-state index contributed by atoms with van der Waals surface area (Å²) in [5.41, 5.74) is 9.46. The number of hydrogen-bond acceptors (Lipinski definition) is 2. The molecule has 4 aromatic rings. The Hall–Kier alpha value is -3.23. The van der Waals surface area contributed by atoms with Crippen molar-refractivity contribution in [3.05, 3.63) is 113 Å². The number of benzene rings is 4. The zero-order chi connectivity index (χ0) is 32.6. The van der Waals surface area contributed by atoms with Crippen LogP contribution in [0.4, 0.5) is 28.4 Å². The third-order valence-electron chi connectivity index (χ3n) is 8.83. The van der Waals surface area contributed by atoms with E-state index in [1.807, 2.05) is 0 Å². The minimum absolute atomic E-state index is 0.0747. The van der Waals surface area contributed by atoms with Gasteiger partial charge in [-0.05, 0) is 94.3 Å². The quantitative estimate of drug-likeness (QED) is 0.206. The third kappa shape index (κ3) is 7.35. The van der Waals surface area contributed by atoms with Crippen molar-refractivity contribution in [1.29, 1.82) is 0 Å². The minimum atomic E-state index is 0.0747. The lowest BCUT2D eigenvalue weighted by Gasteiger charge is -2.36. The van der Waals surface area contributed by atoms with Gasteiger partial charge < -0.3 is 9.80 Å². The first-order chi connectivity index (χ1) is 20.4. The van der Waals surface area contributed by atoms with Crippen LogP contribution in [-0.4, -0.2) is 6.04 Å². The zero-order valence-corrected chi connectivity index (χ0v) is 29.8. The average molecular weight is 609 g/mol. The van der Waals surface area contributed by atoms with Gasteiger partial charge >= 0.3 is 0 Å². The van der Waals surface area contributed by atoms with Crippen LogP contribution in [-0.2, 0) is 16.2 Å². The van der Waals surface area contributed by atoms with E-state index in [4.69, 9.17) is 11.6 Å². The molecule has 1 unspecified atom stereocenters. The highest BCUT2D eigenvalue weighted by atomic mass is 35.5. The van der Waals surface area contributed by atoms with E-state index < -0.39 is 0 Å². The van der Waals surface area contributed by atoms with Crippen molar-refractivity contribution in [3.8, 4) is 0 Å². The van der Waals surface area contributed by atoms with Crippen LogP contribution in [0.25, 0.3) is 0 Å². The maximum Gasteiger partial charge on any atom is 0.0883 e. The predicted octanol–water partition coefficient (Wildman–Crippen LogP) is 12.9. The van der Waals surface area contributed by atoms with E-state index in [9.17, 15) is 0 Å². The van der Waals surface area contributed by atoms with Crippen LogP contribution in [0.1, 0.15) is 99.8 Å². The maximum atomic E-state index is 7.52. The fourth-order valence-corrected chi connectivity index (χ4v) is 5.83. The van der Waals surface area contributed by atoms with Gasteiger partial charge in [-0.15, -0.1) is 0 Å². The molecule has 1 atom stereocenters. The molecule has 0 radical (unpaired) electrons. The lowest BCUT2D eigenvalue weighted by atomic mass is 9.86.